The Morgan fingerprint density at radius 2 is 1.91 bits per heavy atom. The highest BCUT2D eigenvalue weighted by Gasteiger charge is 2.16. The average Bonchev–Trinajstić information content (AvgIpc) is 2.97. The summed E-state index contributed by atoms with van der Waals surface area (Å²) in [5.41, 5.74) is 0.634. The number of nitrogens with one attached hydrogen (secondary N) is 1. The molecule has 0 unspecified atom stereocenters. The van der Waals surface area contributed by atoms with Gasteiger partial charge in [0, 0.05) is 0 Å². The SMILES string of the molecule is COc1ccc([C@@H](C)NC(=O)c2ccc(C(C)=O)s2)cc1F. The monoisotopic (exact) mass is 321 g/mol. The summed E-state index contributed by atoms with van der Waals surface area (Å²) in [6.07, 6.45) is 0. The van der Waals surface area contributed by atoms with Gasteiger partial charge in [0.1, 0.15) is 0 Å². The van der Waals surface area contributed by atoms with Crippen LogP contribution in [0, 0.1) is 5.82 Å². The lowest BCUT2D eigenvalue weighted by atomic mass is 10.1. The lowest BCUT2D eigenvalue weighted by Gasteiger charge is -2.14. The first-order valence-corrected chi connectivity index (χ1v) is 7.49. The first-order valence-electron chi connectivity index (χ1n) is 6.67. The van der Waals surface area contributed by atoms with Crippen molar-refractivity contribution in [1.82, 2.24) is 5.32 Å². The van der Waals surface area contributed by atoms with Crippen LogP contribution in [0.15, 0.2) is 30.3 Å². The summed E-state index contributed by atoms with van der Waals surface area (Å²) < 4.78 is 18.6. The molecule has 1 N–H and O–H groups in total. The minimum absolute atomic E-state index is 0.0747. The van der Waals surface area contributed by atoms with Crippen LogP contribution in [0.25, 0.3) is 0 Å². The Morgan fingerprint density at radius 1 is 1.23 bits per heavy atom. The second-order valence-corrected chi connectivity index (χ2v) is 5.89. The van der Waals surface area contributed by atoms with E-state index in [0.717, 1.165) is 11.3 Å². The molecule has 0 fully saturated rings. The van der Waals surface area contributed by atoms with Crippen molar-refractivity contribution >= 4 is 23.0 Å². The lowest BCUT2D eigenvalue weighted by Crippen LogP contribution is -2.25. The van der Waals surface area contributed by atoms with Crippen molar-refractivity contribution in [2.45, 2.75) is 19.9 Å². The number of carbonyl (C=O) groups excluding carboxylic acids is 2. The Morgan fingerprint density at radius 3 is 2.45 bits per heavy atom. The molecular formula is C16H16FNO3S. The quantitative estimate of drug-likeness (QED) is 0.856. The molecule has 2 rings (SSSR count). The van der Waals surface area contributed by atoms with E-state index in [1.807, 2.05) is 0 Å². The minimum Gasteiger partial charge on any atom is -0.494 e. The first-order chi connectivity index (χ1) is 10.4. The van der Waals surface area contributed by atoms with E-state index in [2.05, 4.69) is 5.32 Å². The third-order valence-corrected chi connectivity index (χ3v) is 4.39. The molecule has 0 saturated heterocycles. The maximum absolute atomic E-state index is 13.7. The number of carbonyl (C=O) groups is 2. The minimum atomic E-state index is -0.476. The number of Topliss-reactive ketones (excluding diaryl/α,β-unsaturated/α-hetero) is 1. The van der Waals surface area contributed by atoms with Crippen molar-refractivity contribution < 1.29 is 18.7 Å². The maximum atomic E-state index is 13.7. The van der Waals surface area contributed by atoms with Gasteiger partial charge in [-0.3, -0.25) is 9.59 Å². The molecule has 2 aromatic rings. The normalized spacial score (nSPS) is 11.8. The van der Waals surface area contributed by atoms with E-state index in [4.69, 9.17) is 4.74 Å². The van der Waals surface area contributed by atoms with E-state index in [1.165, 1.54) is 26.2 Å². The zero-order valence-electron chi connectivity index (χ0n) is 12.5. The fourth-order valence-corrected chi connectivity index (χ4v) is 2.76. The number of rotatable bonds is 5. The van der Waals surface area contributed by atoms with Crippen LogP contribution in [-0.2, 0) is 0 Å². The average molecular weight is 321 g/mol. The molecule has 6 heteroatoms. The summed E-state index contributed by atoms with van der Waals surface area (Å²) in [4.78, 5) is 24.4. The van der Waals surface area contributed by atoms with Gasteiger partial charge in [-0.15, -0.1) is 11.3 Å². The molecule has 0 aliphatic carbocycles. The Bertz CT molecular complexity index is 711. The number of hydrogen-bond acceptors (Lipinski definition) is 4. The molecule has 4 nitrogen and oxygen atoms in total. The van der Waals surface area contributed by atoms with Crippen molar-refractivity contribution in [2.24, 2.45) is 0 Å². The van der Waals surface area contributed by atoms with Gasteiger partial charge in [-0.25, -0.2) is 4.39 Å². The van der Waals surface area contributed by atoms with Crippen molar-refractivity contribution in [1.29, 1.82) is 0 Å². The summed E-state index contributed by atoms with van der Waals surface area (Å²) >= 11 is 1.14. The summed E-state index contributed by atoms with van der Waals surface area (Å²) in [7, 11) is 1.40. The Balaban J connectivity index is 2.10. The highest BCUT2D eigenvalue weighted by atomic mass is 32.1. The fourth-order valence-electron chi connectivity index (χ4n) is 1.95. The summed E-state index contributed by atoms with van der Waals surface area (Å²) in [5, 5.41) is 2.78. The summed E-state index contributed by atoms with van der Waals surface area (Å²) in [5.74, 6) is -0.682. The molecule has 116 valence electrons. The zero-order valence-corrected chi connectivity index (χ0v) is 13.3. The van der Waals surface area contributed by atoms with E-state index in [9.17, 15) is 14.0 Å². The van der Waals surface area contributed by atoms with E-state index in [1.54, 1.807) is 25.1 Å². The molecule has 0 saturated carbocycles. The van der Waals surface area contributed by atoms with E-state index in [-0.39, 0.29) is 23.5 Å². The highest BCUT2D eigenvalue weighted by molar-refractivity contribution is 7.15. The van der Waals surface area contributed by atoms with E-state index in [0.29, 0.717) is 15.3 Å². The fraction of sp³-hybridized carbons (Fsp3) is 0.250. The van der Waals surface area contributed by atoms with E-state index < -0.39 is 5.82 Å². The van der Waals surface area contributed by atoms with Crippen LogP contribution in [0.3, 0.4) is 0 Å². The molecule has 0 aliphatic rings. The number of hydrogen-bond donors (Lipinski definition) is 1. The van der Waals surface area contributed by atoms with Gasteiger partial charge in [0.15, 0.2) is 17.3 Å². The predicted octanol–water partition coefficient (Wildman–Crippen LogP) is 3.59. The van der Waals surface area contributed by atoms with Gasteiger partial charge < -0.3 is 10.1 Å². The second kappa shape index (κ2) is 6.70. The molecule has 1 aromatic carbocycles. The molecule has 1 aromatic heterocycles. The lowest BCUT2D eigenvalue weighted by molar-refractivity contribution is 0.0943. The number of thiophene rings is 1. The summed E-state index contributed by atoms with van der Waals surface area (Å²) in [6, 6.07) is 7.42. The number of ether oxygens (including phenoxy) is 1. The largest absolute Gasteiger partial charge is 0.494 e. The third-order valence-electron chi connectivity index (χ3n) is 3.20. The van der Waals surface area contributed by atoms with Crippen LogP contribution in [0.4, 0.5) is 4.39 Å². The highest BCUT2D eigenvalue weighted by Crippen LogP contribution is 2.23. The molecule has 0 spiro atoms. The molecule has 0 radical (unpaired) electrons. The van der Waals surface area contributed by atoms with E-state index >= 15 is 0 Å². The predicted molar refractivity (Wildman–Crippen MR) is 83.2 cm³/mol. The van der Waals surface area contributed by atoms with Crippen molar-refractivity contribution in [3.05, 3.63) is 51.5 Å². The van der Waals surface area contributed by atoms with Crippen LogP contribution in [0.5, 0.6) is 5.75 Å². The van der Waals surface area contributed by atoms with Gasteiger partial charge in [0.05, 0.1) is 22.9 Å². The van der Waals surface area contributed by atoms with Gasteiger partial charge in [0.2, 0.25) is 0 Å². The molecule has 22 heavy (non-hydrogen) atoms. The van der Waals surface area contributed by atoms with Crippen LogP contribution in [0.1, 0.15) is 44.8 Å². The Labute approximate surface area is 131 Å². The van der Waals surface area contributed by atoms with Crippen molar-refractivity contribution in [2.75, 3.05) is 7.11 Å². The standard InChI is InChI=1S/C16H16FNO3S/c1-9(11-4-5-13(21-3)12(17)8-11)18-16(20)15-7-6-14(22-15)10(2)19/h4-9H,1-3H3,(H,18,20)/t9-/m1/s1. The van der Waals surface area contributed by atoms with Gasteiger partial charge in [0.25, 0.3) is 5.91 Å². The molecule has 0 bridgehead atoms. The zero-order chi connectivity index (χ0) is 16.3. The second-order valence-electron chi connectivity index (χ2n) is 4.81. The van der Waals surface area contributed by atoms with Gasteiger partial charge >= 0.3 is 0 Å². The molecule has 0 aliphatic heterocycles. The van der Waals surface area contributed by atoms with Gasteiger partial charge in [-0.2, -0.15) is 0 Å². The maximum Gasteiger partial charge on any atom is 0.261 e. The molecule has 1 atom stereocenters. The molecule has 1 amide bonds. The van der Waals surface area contributed by atoms with Gasteiger partial charge in [-0.05, 0) is 43.7 Å². The number of halogens is 1. The van der Waals surface area contributed by atoms with Crippen LogP contribution >= 0.6 is 11.3 Å². The third kappa shape index (κ3) is 3.51. The first kappa shape index (κ1) is 16.2. The smallest absolute Gasteiger partial charge is 0.261 e. The van der Waals surface area contributed by atoms with Gasteiger partial charge in [-0.1, -0.05) is 6.07 Å². The Hall–Kier alpha value is -2.21. The Kier molecular flexibility index (Phi) is 4.92. The summed E-state index contributed by atoms with van der Waals surface area (Å²) in [6.45, 7) is 3.22. The van der Waals surface area contributed by atoms with Crippen LogP contribution in [-0.4, -0.2) is 18.8 Å². The van der Waals surface area contributed by atoms with Crippen LogP contribution < -0.4 is 10.1 Å². The number of ketones is 1. The topological polar surface area (TPSA) is 55.4 Å². The number of benzene rings is 1. The molecule has 1 heterocycles. The van der Waals surface area contributed by atoms with Crippen molar-refractivity contribution in [3.63, 3.8) is 0 Å². The number of amides is 1. The number of methoxy groups -OCH3 is 1. The van der Waals surface area contributed by atoms with Crippen LogP contribution in [0.2, 0.25) is 0 Å². The molecular weight excluding hydrogens is 305 g/mol. The van der Waals surface area contributed by atoms with Crippen molar-refractivity contribution in [3.8, 4) is 5.75 Å².